The highest BCUT2D eigenvalue weighted by Crippen LogP contribution is 2.48. The fourth-order valence-corrected chi connectivity index (χ4v) is 4.81. The van der Waals surface area contributed by atoms with Gasteiger partial charge in [0.15, 0.2) is 5.78 Å². The Kier molecular flexibility index (Phi) is 4.18. The van der Waals surface area contributed by atoms with Gasteiger partial charge in [-0.3, -0.25) is 9.78 Å². The first kappa shape index (κ1) is 18.3. The predicted octanol–water partition coefficient (Wildman–Crippen LogP) is 4.91. The number of nitrogens with zero attached hydrogens (tertiary/aromatic N) is 1. The summed E-state index contributed by atoms with van der Waals surface area (Å²) in [4.78, 5) is 17.1. The number of ether oxygens (including phenoxy) is 3. The number of aromatic nitrogens is 1. The van der Waals surface area contributed by atoms with E-state index in [-0.39, 0.29) is 11.9 Å². The summed E-state index contributed by atoms with van der Waals surface area (Å²) in [5.41, 5.74) is 2.52. The van der Waals surface area contributed by atoms with Gasteiger partial charge in [0.2, 0.25) is 0 Å². The van der Waals surface area contributed by atoms with Gasteiger partial charge in [-0.15, -0.1) is 0 Å². The van der Waals surface area contributed by atoms with Crippen molar-refractivity contribution in [1.82, 2.24) is 4.98 Å². The molecule has 31 heavy (non-hydrogen) atoms. The van der Waals surface area contributed by atoms with Crippen LogP contribution < -0.4 is 9.47 Å². The molecule has 1 atom stereocenters. The standard InChI is InChI=1S/C26H21NO4/c28-20-12-13-26(30-22-10-1-6-18-7-2-11-23(31-26)24(18)22)19-8-3-9-21(25(19)20)29-16-17-5-4-14-27-15-17/h1-2,4-7,10-15,21H,3,8-9,16H2. The van der Waals surface area contributed by atoms with E-state index in [0.717, 1.165) is 52.7 Å². The van der Waals surface area contributed by atoms with Crippen LogP contribution in [0, 0.1) is 0 Å². The minimum atomic E-state index is -1.11. The van der Waals surface area contributed by atoms with Crippen LogP contribution in [-0.2, 0) is 16.1 Å². The van der Waals surface area contributed by atoms with Gasteiger partial charge >= 0.3 is 0 Å². The molecule has 0 bridgehead atoms. The van der Waals surface area contributed by atoms with Crippen molar-refractivity contribution >= 4 is 16.6 Å². The van der Waals surface area contributed by atoms with E-state index in [1.165, 1.54) is 0 Å². The quantitative estimate of drug-likeness (QED) is 0.613. The van der Waals surface area contributed by atoms with Gasteiger partial charge < -0.3 is 14.2 Å². The van der Waals surface area contributed by atoms with Crippen molar-refractivity contribution in [3.8, 4) is 11.5 Å². The molecule has 0 fully saturated rings. The normalized spacial score (nSPS) is 21.0. The van der Waals surface area contributed by atoms with E-state index in [9.17, 15) is 4.79 Å². The molecule has 0 saturated heterocycles. The highest BCUT2D eigenvalue weighted by atomic mass is 16.7. The van der Waals surface area contributed by atoms with Gasteiger partial charge in [-0.05, 0) is 54.5 Å². The molecule has 3 aliphatic rings. The SMILES string of the molecule is O=C1C=CC2(Oc3cccc4cccc(c34)O2)C2=C1C(OCc1cccnc1)CCC2. The molecule has 1 spiro atoms. The summed E-state index contributed by atoms with van der Waals surface area (Å²) in [6, 6.07) is 15.8. The first-order chi connectivity index (χ1) is 15.2. The Balaban J connectivity index is 1.39. The molecule has 5 nitrogen and oxygen atoms in total. The molecule has 3 aromatic rings. The molecule has 0 amide bonds. The Morgan fingerprint density at radius 2 is 1.87 bits per heavy atom. The van der Waals surface area contributed by atoms with Crippen molar-refractivity contribution in [3.05, 3.63) is 89.8 Å². The highest BCUT2D eigenvalue weighted by molar-refractivity contribution is 6.07. The van der Waals surface area contributed by atoms with Crippen LogP contribution in [0.15, 0.2) is 84.2 Å². The van der Waals surface area contributed by atoms with Gasteiger partial charge in [0, 0.05) is 29.6 Å². The summed E-state index contributed by atoms with van der Waals surface area (Å²) in [6.45, 7) is 0.406. The van der Waals surface area contributed by atoms with Gasteiger partial charge in [0.25, 0.3) is 5.79 Å². The van der Waals surface area contributed by atoms with Crippen LogP contribution in [0.5, 0.6) is 11.5 Å². The molecule has 2 heterocycles. The summed E-state index contributed by atoms with van der Waals surface area (Å²) < 4.78 is 19.2. The maximum Gasteiger partial charge on any atom is 0.295 e. The summed E-state index contributed by atoms with van der Waals surface area (Å²) in [5, 5.41) is 2.03. The second kappa shape index (κ2) is 7.06. The third-order valence-corrected chi connectivity index (χ3v) is 6.21. The third kappa shape index (κ3) is 2.96. The average Bonchev–Trinajstić information content (AvgIpc) is 2.81. The molecule has 1 aromatic heterocycles. The smallest absolute Gasteiger partial charge is 0.295 e. The zero-order chi connectivity index (χ0) is 20.8. The molecule has 5 heteroatoms. The Labute approximate surface area is 180 Å². The second-order valence-electron chi connectivity index (χ2n) is 8.12. The number of hydrogen-bond donors (Lipinski definition) is 0. The summed E-state index contributed by atoms with van der Waals surface area (Å²) in [5.74, 6) is 0.398. The van der Waals surface area contributed by atoms with Crippen LogP contribution in [0.4, 0.5) is 0 Å². The van der Waals surface area contributed by atoms with Crippen molar-refractivity contribution in [2.75, 3.05) is 0 Å². The third-order valence-electron chi connectivity index (χ3n) is 6.21. The lowest BCUT2D eigenvalue weighted by atomic mass is 9.79. The minimum absolute atomic E-state index is 0.0271. The van der Waals surface area contributed by atoms with Gasteiger partial charge in [-0.1, -0.05) is 30.3 Å². The number of benzene rings is 2. The first-order valence-electron chi connectivity index (χ1n) is 10.6. The number of hydrogen-bond acceptors (Lipinski definition) is 5. The topological polar surface area (TPSA) is 57.7 Å². The van der Waals surface area contributed by atoms with E-state index in [1.807, 2.05) is 48.5 Å². The molecule has 6 rings (SSSR count). The van der Waals surface area contributed by atoms with Crippen LogP contribution in [0.2, 0.25) is 0 Å². The summed E-state index contributed by atoms with van der Waals surface area (Å²) in [7, 11) is 0. The lowest BCUT2D eigenvalue weighted by Crippen LogP contribution is -2.49. The zero-order valence-corrected chi connectivity index (χ0v) is 16.9. The van der Waals surface area contributed by atoms with Gasteiger partial charge in [-0.2, -0.15) is 0 Å². The van der Waals surface area contributed by atoms with Gasteiger partial charge in [0.05, 0.1) is 18.1 Å². The Morgan fingerprint density at radius 1 is 1.06 bits per heavy atom. The van der Waals surface area contributed by atoms with Crippen molar-refractivity contribution in [3.63, 3.8) is 0 Å². The Bertz CT molecular complexity index is 1200. The molecular formula is C26H21NO4. The largest absolute Gasteiger partial charge is 0.444 e. The van der Waals surface area contributed by atoms with Crippen LogP contribution in [0.25, 0.3) is 10.8 Å². The predicted molar refractivity (Wildman–Crippen MR) is 116 cm³/mol. The Morgan fingerprint density at radius 3 is 2.61 bits per heavy atom. The van der Waals surface area contributed by atoms with E-state index in [4.69, 9.17) is 14.2 Å². The first-order valence-corrected chi connectivity index (χ1v) is 10.6. The lowest BCUT2D eigenvalue weighted by Gasteiger charge is -2.43. The van der Waals surface area contributed by atoms with E-state index < -0.39 is 5.79 Å². The van der Waals surface area contributed by atoms with Crippen LogP contribution in [0.3, 0.4) is 0 Å². The van der Waals surface area contributed by atoms with E-state index >= 15 is 0 Å². The number of carbonyl (C=O) groups excluding carboxylic acids is 1. The van der Waals surface area contributed by atoms with Gasteiger partial charge in [-0.25, -0.2) is 0 Å². The van der Waals surface area contributed by atoms with Crippen LogP contribution in [-0.4, -0.2) is 22.7 Å². The van der Waals surface area contributed by atoms with Crippen molar-refractivity contribution in [1.29, 1.82) is 0 Å². The molecule has 0 N–H and O–H groups in total. The minimum Gasteiger partial charge on any atom is -0.444 e. The Hall–Kier alpha value is -3.44. The number of fused-ring (bicyclic) bond motifs is 1. The average molecular weight is 411 g/mol. The molecular weight excluding hydrogens is 390 g/mol. The van der Waals surface area contributed by atoms with Crippen molar-refractivity contribution in [2.24, 2.45) is 0 Å². The van der Waals surface area contributed by atoms with E-state index in [2.05, 4.69) is 4.98 Å². The van der Waals surface area contributed by atoms with E-state index in [0.29, 0.717) is 12.2 Å². The van der Waals surface area contributed by atoms with Crippen LogP contribution in [0.1, 0.15) is 24.8 Å². The molecule has 0 saturated carbocycles. The number of carbonyl (C=O) groups is 1. The zero-order valence-electron chi connectivity index (χ0n) is 16.9. The number of pyridine rings is 1. The lowest BCUT2D eigenvalue weighted by molar-refractivity contribution is -0.115. The number of rotatable bonds is 3. The van der Waals surface area contributed by atoms with Crippen molar-refractivity contribution in [2.45, 2.75) is 37.8 Å². The maximum absolute atomic E-state index is 13.0. The summed E-state index contributed by atoms with van der Waals surface area (Å²) in [6.07, 6.45) is 8.98. The number of allylic oxidation sites excluding steroid dienone is 1. The molecule has 1 unspecified atom stereocenters. The second-order valence-corrected chi connectivity index (χ2v) is 8.12. The van der Waals surface area contributed by atoms with Gasteiger partial charge in [0.1, 0.15) is 11.5 Å². The van der Waals surface area contributed by atoms with E-state index in [1.54, 1.807) is 24.5 Å². The number of ketones is 1. The van der Waals surface area contributed by atoms with Crippen molar-refractivity contribution < 1.29 is 19.0 Å². The maximum atomic E-state index is 13.0. The molecule has 2 aromatic carbocycles. The highest BCUT2D eigenvalue weighted by Gasteiger charge is 2.48. The summed E-state index contributed by atoms with van der Waals surface area (Å²) >= 11 is 0. The molecule has 0 radical (unpaired) electrons. The van der Waals surface area contributed by atoms with Crippen LogP contribution >= 0.6 is 0 Å². The monoisotopic (exact) mass is 411 g/mol. The fourth-order valence-electron chi connectivity index (χ4n) is 4.81. The molecule has 2 aliphatic carbocycles. The fraction of sp³-hybridized carbons (Fsp3) is 0.231. The molecule has 154 valence electrons. The molecule has 1 aliphatic heterocycles.